The zero-order valence-corrected chi connectivity index (χ0v) is 11.8. The predicted molar refractivity (Wildman–Crippen MR) is 78.4 cm³/mol. The Bertz CT molecular complexity index is 562. The summed E-state index contributed by atoms with van der Waals surface area (Å²) in [6, 6.07) is 5.17. The van der Waals surface area contributed by atoms with E-state index in [1.165, 1.54) is 6.20 Å². The molecule has 0 atom stereocenters. The number of anilines is 3. The molecule has 2 aromatic rings. The number of hydrogen-bond donors (Lipinski definition) is 2. The Labute approximate surface area is 121 Å². The smallest absolute Gasteiger partial charge is 0.244 e. The fourth-order valence-corrected chi connectivity index (χ4v) is 1.74. The summed E-state index contributed by atoms with van der Waals surface area (Å²) in [5.74, 6) is 1.03. The van der Waals surface area contributed by atoms with Crippen LogP contribution in [0.1, 0.15) is 13.3 Å². The summed E-state index contributed by atoms with van der Waals surface area (Å²) < 4.78 is 0. The summed E-state index contributed by atoms with van der Waals surface area (Å²) in [6.07, 6.45) is 2.51. The van der Waals surface area contributed by atoms with Crippen molar-refractivity contribution in [1.29, 1.82) is 0 Å². The molecule has 1 heterocycles. The molecule has 0 unspecified atom stereocenters. The highest BCUT2D eigenvalue weighted by Gasteiger charge is 2.04. The Kier molecular flexibility index (Phi) is 4.76. The van der Waals surface area contributed by atoms with Gasteiger partial charge in [0.25, 0.3) is 0 Å². The first-order chi connectivity index (χ1) is 9.19. The van der Waals surface area contributed by atoms with Gasteiger partial charge in [-0.05, 0) is 24.6 Å². The number of hydrogen-bond acceptors (Lipinski definition) is 5. The fourth-order valence-electron chi connectivity index (χ4n) is 1.41. The zero-order valence-electron chi connectivity index (χ0n) is 10.3. The maximum absolute atomic E-state index is 6.07. The van der Waals surface area contributed by atoms with E-state index >= 15 is 0 Å². The van der Waals surface area contributed by atoms with Crippen LogP contribution in [0.3, 0.4) is 0 Å². The third-order valence-corrected chi connectivity index (χ3v) is 2.85. The summed E-state index contributed by atoms with van der Waals surface area (Å²) in [5.41, 5.74) is 0.677. The Morgan fingerprint density at radius 1 is 1.26 bits per heavy atom. The standard InChI is InChI=1S/C12H13Cl2N5/c1-2-5-15-12-18-11(7-16-19-12)17-10-6-8(13)3-4-9(10)14/h3-4,6-7H,2,5H2,1H3,(H2,15,17,18,19). The van der Waals surface area contributed by atoms with Crippen LogP contribution >= 0.6 is 23.2 Å². The summed E-state index contributed by atoms with van der Waals surface area (Å²) in [5, 5.41) is 15.0. The quantitative estimate of drug-likeness (QED) is 0.880. The first-order valence-electron chi connectivity index (χ1n) is 5.84. The van der Waals surface area contributed by atoms with E-state index in [1.807, 2.05) is 0 Å². The largest absolute Gasteiger partial charge is 0.353 e. The number of aromatic nitrogens is 3. The number of benzene rings is 1. The van der Waals surface area contributed by atoms with Crippen molar-refractivity contribution in [2.45, 2.75) is 13.3 Å². The van der Waals surface area contributed by atoms with Crippen LogP contribution in [-0.2, 0) is 0 Å². The van der Waals surface area contributed by atoms with Gasteiger partial charge in [-0.15, -0.1) is 5.10 Å². The fraction of sp³-hybridized carbons (Fsp3) is 0.250. The Morgan fingerprint density at radius 2 is 2.11 bits per heavy atom. The molecule has 0 bridgehead atoms. The van der Waals surface area contributed by atoms with Crippen LogP contribution in [0.25, 0.3) is 0 Å². The lowest BCUT2D eigenvalue weighted by Gasteiger charge is -2.08. The van der Waals surface area contributed by atoms with Crippen LogP contribution in [0.15, 0.2) is 24.4 Å². The minimum absolute atomic E-state index is 0.477. The topological polar surface area (TPSA) is 62.7 Å². The van der Waals surface area contributed by atoms with Crippen molar-refractivity contribution in [2.24, 2.45) is 0 Å². The molecule has 0 fully saturated rings. The molecule has 7 heteroatoms. The lowest BCUT2D eigenvalue weighted by Crippen LogP contribution is -2.07. The van der Waals surface area contributed by atoms with E-state index < -0.39 is 0 Å². The van der Waals surface area contributed by atoms with Gasteiger partial charge >= 0.3 is 0 Å². The van der Waals surface area contributed by atoms with Gasteiger partial charge in [-0.1, -0.05) is 30.1 Å². The lowest BCUT2D eigenvalue weighted by molar-refractivity contribution is 0.913. The second kappa shape index (κ2) is 6.54. The average molecular weight is 298 g/mol. The van der Waals surface area contributed by atoms with Crippen LogP contribution < -0.4 is 10.6 Å². The third kappa shape index (κ3) is 3.94. The first-order valence-corrected chi connectivity index (χ1v) is 6.60. The molecular weight excluding hydrogens is 285 g/mol. The van der Waals surface area contributed by atoms with Crippen molar-refractivity contribution < 1.29 is 0 Å². The summed E-state index contributed by atoms with van der Waals surface area (Å²) in [4.78, 5) is 4.28. The van der Waals surface area contributed by atoms with E-state index in [0.29, 0.717) is 27.5 Å². The third-order valence-electron chi connectivity index (χ3n) is 2.28. The summed E-state index contributed by atoms with van der Waals surface area (Å²) >= 11 is 12.0. The van der Waals surface area contributed by atoms with Gasteiger partial charge in [0.05, 0.1) is 16.9 Å². The van der Waals surface area contributed by atoms with Crippen molar-refractivity contribution in [3.8, 4) is 0 Å². The maximum atomic E-state index is 6.07. The molecule has 0 spiro atoms. The van der Waals surface area contributed by atoms with Crippen LogP contribution in [0.5, 0.6) is 0 Å². The molecule has 19 heavy (non-hydrogen) atoms. The molecule has 0 aliphatic carbocycles. The molecule has 2 N–H and O–H groups in total. The van der Waals surface area contributed by atoms with E-state index in [4.69, 9.17) is 23.2 Å². The number of nitrogens with zero attached hydrogens (tertiary/aromatic N) is 3. The summed E-state index contributed by atoms with van der Waals surface area (Å²) in [7, 11) is 0. The molecule has 100 valence electrons. The van der Waals surface area contributed by atoms with Gasteiger partial charge in [0.2, 0.25) is 5.95 Å². The van der Waals surface area contributed by atoms with Crippen LogP contribution in [-0.4, -0.2) is 21.7 Å². The van der Waals surface area contributed by atoms with Crippen LogP contribution in [0, 0.1) is 0 Å². The van der Waals surface area contributed by atoms with Gasteiger partial charge in [0.1, 0.15) is 0 Å². The van der Waals surface area contributed by atoms with Gasteiger partial charge in [-0.25, -0.2) is 0 Å². The van der Waals surface area contributed by atoms with Gasteiger partial charge in [0, 0.05) is 11.6 Å². The van der Waals surface area contributed by atoms with E-state index in [-0.39, 0.29) is 0 Å². The number of rotatable bonds is 5. The molecule has 0 radical (unpaired) electrons. The predicted octanol–water partition coefficient (Wildman–Crippen LogP) is 3.74. The van der Waals surface area contributed by atoms with Gasteiger partial charge < -0.3 is 10.6 Å². The summed E-state index contributed by atoms with van der Waals surface area (Å²) in [6.45, 7) is 2.86. The van der Waals surface area contributed by atoms with E-state index in [9.17, 15) is 0 Å². The maximum Gasteiger partial charge on any atom is 0.244 e. The monoisotopic (exact) mass is 297 g/mol. The molecule has 2 rings (SSSR count). The molecule has 1 aromatic carbocycles. The number of halogens is 2. The molecule has 0 amide bonds. The molecule has 0 aliphatic heterocycles. The molecular formula is C12H13Cl2N5. The average Bonchev–Trinajstić information content (AvgIpc) is 2.41. The lowest BCUT2D eigenvalue weighted by atomic mass is 10.3. The second-order valence-corrected chi connectivity index (χ2v) is 4.68. The Hall–Kier alpha value is -1.59. The van der Waals surface area contributed by atoms with Crippen molar-refractivity contribution in [3.05, 3.63) is 34.4 Å². The molecule has 0 aliphatic rings. The van der Waals surface area contributed by atoms with Crippen molar-refractivity contribution >= 4 is 40.7 Å². The number of nitrogens with one attached hydrogen (secondary N) is 2. The zero-order chi connectivity index (χ0) is 13.7. The Balaban J connectivity index is 2.16. The molecule has 0 saturated carbocycles. The van der Waals surface area contributed by atoms with E-state index in [0.717, 1.165) is 13.0 Å². The van der Waals surface area contributed by atoms with Gasteiger partial charge in [-0.3, -0.25) is 0 Å². The highest BCUT2D eigenvalue weighted by atomic mass is 35.5. The van der Waals surface area contributed by atoms with E-state index in [2.05, 4.69) is 32.7 Å². The van der Waals surface area contributed by atoms with Crippen molar-refractivity contribution in [3.63, 3.8) is 0 Å². The minimum atomic E-state index is 0.477. The molecule has 0 saturated heterocycles. The molecule has 5 nitrogen and oxygen atoms in total. The molecule has 1 aromatic heterocycles. The SMILES string of the molecule is CCCNc1nncc(Nc2cc(Cl)ccc2Cl)n1. The first kappa shape index (κ1) is 13.8. The highest BCUT2D eigenvalue weighted by molar-refractivity contribution is 6.35. The minimum Gasteiger partial charge on any atom is -0.353 e. The normalized spacial score (nSPS) is 10.3. The Morgan fingerprint density at radius 3 is 2.89 bits per heavy atom. The van der Waals surface area contributed by atoms with Gasteiger partial charge in [0.15, 0.2) is 5.82 Å². The second-order valence-electron chi connectivity index (χ2n) is 3.84. The van der Waals surface area contributed by atoms with Crippen LogP contribution in [0.2, 0.25) is 10.0 Å². The highest BCUT2D eigenvalue weighted by Crippen LogP contribution is 2.27. The van der Waals surface area contributed by atoms with Crippen molar-refractivity contribution in [2.75, 3.05) is 17.2 Å². The van der Waals surface area contributed by atoms with E-state index in [1.54, 1.807) is 18.2 Å². The van der Waals surface area contributed by atoms with Crippen molar-refractivity contribution in [1.82, 2.24) is 15.2 Å². The van der Waals surface area contributed by atoms with Gasteiger partial charge in [-0.2, -0.15) is 10.1 Å². The van der Waals surface area contributed by atoms with Crippen LogP contribution in [0.4, 0.5) is 17.5 Å².